The highest BCUT2D eigenvalue weighted by Crippen LogP contribution is 2.10. The first kappa shape index (κ1) is 21.9. The molecule has 2 N–H and O–H groups in total. The number of benzene rings is 1. The van der Waals surface area contributed by atoms with Gasteiger partial charge in [0.05, 0.1) is 13.2 Å². The fraction of sp³-hybridized carbons (Fsp3) is 0.444. The molecule has 0 amide bonds. The van der Waals surface area contributed by atoms with Crippen molar-refractivity contribution in [2.75, 3.05) is 26.8 Å². The fourth-order valence-electron chi connectivity index (χ4n) is 2.18. The normalized spacial score (nSPS) is 11.0. The number of rotatable bonds is 9. The first-order valence-electron chi connectivity index (χ1n) is 8.25. The molecule has 138 valence electrons. The van der Waals surface area contributed by atoms with Crippen LogP contribution in [0.4, 0.5) is 0 Å². The molecule has 0 fully saturated rings. The molecule has 0 aliphatic rings. The van der Waals surface area contributed by atoms with Crippen LogP contribution in [0, 0.1) is 6.92 Å². The van der Waals surface area contributed by atoms with E-state index in [0.717, 1.165) is 43.6 Å². The molecule has 5 nitrogen and oxygen atoms in total. The fourth-order valence-corrected chi connectivity index (χ4v) is 2.91. The van der Waals surface area contributed by atoms with E-state index in [1.54, 1.807) is 18.4 Å². The Balaban J connectivity index is 0.00000312. The Labute approximate surface area is 171 Å². The molecule has 0 unspecified atom stereocenters. The van der Waals surface area contributed by atoms with Crippen LogP contribution in [-0.4, -0.2) is 37.7 Å². The topological polar surface area (TPSA) is 58.5 Å². The Morgan fingerprint density at radius 1 is 1.20 bits per heavy atom. The van der Waals surface area contributed by atoms with Gasteiger partial charge in [-0.15, -0.1) is 35.3 Å². The average Bonchev–Trinajstić information content (AvgIpc) is 3.03. The van der Waals surface area contributed by atoms with Gasteiger partial charge >= 0.3 is 0 Å². The summed E-state index contributed by atoms with van der Waals surface area (Å²) in [6.07, 6.45) is 3.81. The van der Waals surface area contributed by atoms with Gasteiger partial charge in [-0.1, -0.05) is 30.3 Å². The van der Waals surface area contributed by atoms with Crippen molar-refractivity contribution >= 4 is 41.3 Å². The number of nitrogens with one attached hydrogen (secondary N) is 2. The largest absolute Gasteiger partial charge is 0.381 e. The second-order valence-corrected chi connectivity index (χ2v) is 6.74. The molecule has 1 heterocycles. The van der Waals surface area contributed by atoms with E-state index in [1.807, 2.05) is 12.3 Å². The minimum atomic E-state index is 0. The standard InChI is InChI=1S/C18H26N4OS.HI/c1-15-13-21-17(24-15)14-22-18(19-2)20-10-6-11-23-12-9-16-7-4-3-5-8-16;/h3-5,7-8,13H,6,9-12,14H2,1-2H3,(H2,19,20,22);1H. The maximum absolute atomic E-state index is 5.68. The van der Waals surface area contributed by atoms with E-state index in [9.17, 15) is 0 Å². The first-order chi connectivity index (χ1) is 11.8. The summed E-state index contributed by atoms with van der Waals surface area (Å²) in [5, 5.41) is 7.63. The van der Waals surface area contributed by atoms with Gasteiger partial charge in [0, 0.05) is 31.3 Å². The van der Waals surface area contributed by atoms with Crippen molar-refractivity contribution in [3.63, 3.8) is 0 Å². The van der Waals surface area contributed by atoms with Crippen molar-refractivity contribution in [2.24, 2.45) is 4.99 Å². The summed E-state index contributed by atoms with van der Waals surface area (Å²) >= 11 is 1.70. The lowest BCUT2D eigenvalue weighted by atomic mass is 10.2. The van der Waals surface area contributed by atoms with Crippen LogP contribution in [0.1, 0.15) is 21.9 Å². The van der Waals surface area contributed by atoms with E-state index in [1.165, 1.54) is 10.4 Å². The number of nitrogens with zero attached hydrogens (tertiary/aromatic N) is 2. The van der Waals surface area contributed by atoms with Crippen LogP contribution < -0.4 is 10.6 Å². The predicted molar refractivity (Wildman–Crippen MR) is 116 cm³/mol. The molecule has 2 aromatic rings. The van der Waals surface area contributed by atoms with Crippen LogP contribution in [0.15, 0.2) is 41.5 Å². The van der Waals surface area contributed by atoms with E-state index in [0.29, 0.717) is 6.54 Å². The second-order valence-electron chi connectivity index (χ2n) is 5.42. The molecule has 0 saturated heterocycles. The van der Waals surface area contributed by atoms with Gasteiger partial charge in [-0.25, -0.2) is 4.98 Å². The van der Waals surface area contributed by atoms with Crippen LogP contribution >= 0.6 is 35.3 Å². The number of ether oxygens (including phenoxy) is 1. The zero-order chi connectivity index (χ0) is 17.0. The minimum Gasteiger partial charge on any atom is -0.381 e. The Morgan fingerprint density at radius 3 is 2.68 bits per heavy atom. The molecule has 0 saturated carbocycles. The number of aromatic nitrogens is 1. The summed E-state index contributed by atoms with van der Waals surface area (Å²) < 4.78 is 5.68. The van der Waals surface area contributed by atoms with Crippen molar-refractivity contribution in [1.29, 1.82) is 0 Å². The maximum atomic E-state index is 5.68. The quantitative estimate of drug-likeness (QED) is 0.253. The van der Waals surface area contributed by atoms with Crippen molar-refractivity contribution in [2.45, 2.75) is 26.3 Å². The SMILES string of the molecule is CN=C(NCCCOCCc1ccccc1)NCc1ncc(C)s1.I. The highest BCUT2D eigenvalue weighted by molar-refractivity contribution is 14.0. The summed E-state index contributed by atoms with van der Waals surface area (Å²) in [5.74, 6) is 0.798. The third-order valence-electron chi connectivity index (χ3n) is 3.44. The molecular formula is C18H27IN4OS. The van der Waals surface area contributed by atoms with Gasteiger partial charge in [0.25, 0.3) is 0 Å². The highest BCUT2D eigenvalue weighted by Gasteiger charge is 2.01. The molecule has 2 rings (SSSR count). The molecular weight excluding hydrogens is 447 g/mol. The summed E-state index contributed by atoms with van der Waals surface area (Å²) in [7, 11) is 1.78. The van der Waals surface area contributed by atoms with Crippen LogP contribution in [0.2, 0.25) is 0 Å². The summed E-state index contributed by atoms with van der Waals surface area (Å²) in [5.41, 5.74) is 1.32. The number of aliphatic imine (C=N–C) groups is 1. The molecule has 0 atom stereocenters. The van der Waals surface area contributed by atoms with E-state index in [2.05, 4.69) is 51.8 Å². The van der Waals surface area contributed by atoms with Gasteiger partial charge in [0.15, 0.2) is 5.96 Å². The third-order valence-corrected chi connectivity index (χ3v) is 4.35. The van der Waals surface area contributed by atoms with Crippen LogP contribution in [0.3, 0.4) is 0 Å². The smallest absolute Gasteiger partial charge is 0.191 e. The second kappa shape index (κ2) is 13.1. The lowest BCUT2D eigenvalue weighted by Crippen LogP contribution is -2.37. The molecule has 0 aliphatic carbocycles. The highest BCUT2D eigenvalue weighted by atomic mass is 127. The van der Waals surface area contributed by atoms with E-state index in [-0.39, 0.29) is 24.0 Å². The zero-order valence-electron chi connectivity index (χ0n) is 14.8. The molecule has 7 heteroatoms. The molecule has 1 aromatic heterocycles. The predicted octanol–water partition coefficient (Wildman–Crippen LogP) is 3.38. The van der Waals surface area contributed by atoms with E-state index in [4.69, 9.17) is 4.74 Å². The number of halogens is 1. The molecule has 0 bridgehead atoms. The first-order valence-corrected chi connectivity index (χ1v) is 9.07. The number of hydrogen-bond acceptors (Lipinski definition) is 4. The van der Waals surface area contributed by atoms with Gasteiger partial charge in [0.2, 0.25) is 0 Å². The van der Waals surface area contributed by atoms with Crippen LogP contribution in [0.25, 0.3) is 0 Å². The van der Waals surface area contributed by atoms with Gasteiger partial charge in [-0.3, -0.25) is 4.99 Å². The minimum absolute atomic E-state index is 0. The number of guanidine groups is 1. The zero-order valence-corrected chi connectivity index (χ0v) is 18.0. The number of aryl methyl sites for hydroxylation is 1. The Morgan fingerprint density at radius 2 is 2.00 bits per heavy atom. The monoisotopic (exact) mass is 474 g/mol. The number of hydrogen-bond donors (Lipinski definition) is 2. The molecule has 1 aromatic carbocycles. The summed E-state index contributed by atoms with van der Waals surface area (Å²) in [6.45, 7) is 5.11. The average molecular weight is 474 g/mol. The van der Waals surface area contributed by atoms with Gasteiger partial charge < -0.3 is 15.4 Å². The third kappa shape index (κ3) is 9.18. The van der Waals surface area contributed by atoms with Gasteiger partial charge in [-0.05, 0) is 25.3 Å². The van der Waals surface area contributed by atoms with E-state index < -0.39 is 0 Å². The van der Waals surface area contributed by atoms with Crippen LogP contribution in [0.5, 0.6) is 0 Å². The summed E-state index contributed by atoms with van der Waals surface area (Å²) in [4.78, 5) is 9.77. The van der Waals surface area contributed by atoms with E-state index >= 15 is 0 Å². The van der Waals surface area contributed by atoms with Crippen molar-refractivity contribution in [1.82, 2.24) is 15.6 Å². The van der Waals surface area contributed by atoms with Crippen molar-refractivity contribution in [3.8, 4) is 0 Å². The number of thiazole rings is 1. The molecule has 25 heavy (non-hydrogen) atoms. The molecule has 0 spiro atoms. The summed E-state index contributed by atoms with van der Waals surface area (Å²) in [6, 6.07) is 10.4. The van der Waals surface area contributed by atoms with Crippen molar-refractivity contribution < 1.29 is 4.74 Å². The Bertz CT molecular complexity index is 619. The Kier molecular flexibility index (Phi) is 11.4. The maximum Gasteiger partial charge on any atom is 0.191 e. The van der Waals surface area contributed by atoms with Gasteiger partial charge in [-0.2, -0.15) is 0 Å². The van der Waals surface area contributed by atoms with Crippen LogP contribution in [-0.2, 0) is 17.7 Å². The van der Waals surface area contributed by atoms with Gasteiger partial charge in [0.1, 0.15) is 5.01 Å². The van der Waals surface area contributed by atoms with Crippen molar-refractivity contribution in [3.05, 3.63) is 52.0 Å². The molecule has 0 aliphatic heterocycles. The lowest BCUT2D eigenvalue weighted by Gasteiger charge is -2.11. The Hall–Kier alpha value is -1.19. The molecule has 0 radical (unpaired) electrons. The lowest BCUT2D eigenvalue weighted by molar-refractivity contribution is 0.135.